The number of carboxylic acids is 1. The minimum absolute atomic E-state index is 0.0467. The molecule has 2 radical (unpaired) electrons. The molecule has 6 nitrogen and oxygen atoms in total. The third kappa shape index (κ3) is 5.06. The number of aliphatic hydroxyl groups is 1. The molecule has 7 heteroatoms. The van der Waals surface area contributed by atoms with Gasteiger partial charge in [-0.15, -0.1) is 0 Å². The topological polar surface area (TPSA) is 93.1 Å². The zero-order chi connectivity index (χ0) is 15.7. The summed E-state index contributed by atoms with van der Waals surface area (Å²) in [6.07, 6.45) is -1.55. The highest BCUT2D eigenvalue weighted by atomic mass is 16.6. The van der Waals surface area contributed by atoms with Crippen molar-refractivity contribution in [2.75, 3.05) is 7.11 Å². The van der Waals surface area contributed by atoms with Crippen molar-refractivity contribution in [2.45, 2.75) is 44.9 Å². The molecule has 0 aliphatic carbocycles. The van der Waals surface area contributed by atoms with E-state index in [1.54, 1.807) is 6.92 Å². The summed E-state index contributed by atoms with van der Waals surface area (Å²) in [6, 6.07) is -0.553. The molecule has 1 rings (SSSR count). The number of aliphatic hydroxyl groups excluding tert-OH is 1. The predicted octanol–water partition coefficient (Wildman–Crippen LogP) is -0.0791. The fourth-order valence-corrected chi connectivity index (χ4v) is 1.53. The summed E-state index contributed by atoms with van der Waals surface area (Å²) < 4.78 is 23.3. The van der Waals surface area contributed by atoms with Gasteiger partial charge in [-0.2, -0.15) is 0 Å². The minimum atomic E-state index is -1.05. The summed E-state index contributed by atoms with van der Waals surface area (Å²) in [6.45, 7) is 1.73. The van der Waals surface area contributed by atoms with Gasteiger partial charge < -0.3 is 19.7 Å². The highest BCUT2D eigenvalue weighted by Gasteiger charge is 2.39. The van der Waals surface area contributed by atoms with Gasteiger partial charge in [0.2, 0.25) is 1.43 Å². The van der Waals surface area contributed by atoms with E-state index in [1.165, 1.54) is 7.11 Å². The Morgan fingerprint density at radius 3 is 2.72 bits per heavy atom. The zero-order valence-electron chi connectivity index (χ0n) is 12.5. The lowest BCUT2D eigenvalue weighted by Gasteiger charge is -2.19. The average molecular weight is 261 g/mol. The molecule has 2 N–H and O–H groups in total. The first-order valence-corrected chi connectivity index (χ1v) is 5.48. The van der Waals surface area contributed by atoms with Gasteiger partial charge in [-0.3, -0.25) is 9.59 Å². The molecule has 1 fully saturated rings. The minimum Gasteiger partial charge on any atom is -0.481 e. The fourth-order valence-electron chi connectivity index (χ4n) is 1.53. The molecule has 0 bridgehead atoms. The molecule has 0 aromatic heterocycles. The lowest BCUT2D eigenvalue weighted by Crippen LogP contribution is -2.30. The molecule has 102 valence electrons. The van der Waals surface area contributed by atoms with Gasteiger partial charge in [0, 0.05) is 20.4 Å². The van der Waals surface area contributed by atoms with Crippen molar-refractivity contribution in [2.24, 2.45) is 5.92 Å². The largest absolute Gasteiger partial charge is 0.481 e. The number of rotatable bonds is 4. The van der Waals surface area contributed by atoms with E-state index in [2.05, 4.69) is 5.11 Å². The van der Waals surface area contributed by atoms with E-state index >= 15 is 0 Å². The Hall–Kier alpha value is -1.08. The monoisotopic (exact) mass is 261 g/mol. The Kier molecular flexibility index (Phi) is 6.01. The van der Waals surface area contributed by atoms with Crippen LogP contribution in [0.2, 0.25) is 0 Å². The molecule has 1 saturated heterocycles. The molecule has 0 aromatic carbocycles. The van der Waals surface area contributed by atoms with E-state index in [-0.39, 0.29) is 25.7 Å². The number of aliphatic carboxylic acids is 1. The van der Waals surface area contributed by atoms with Crippen molar-refractivity contribution in [1.82, 2.24) is 0 Å². The van der Waals surface area contributed by atoms with E-state index < -0.39 is 30.1 Å². The molecule has 0 spiro atoms. The first-order valence-electron chi connectivity index (χ1n) is 6.59. The van der Waals surface area contributed by atoms with Crippen LogP contribution >= 0.6 is 0 Å². The van der Waals surface area contributed by atoms with Crippen molar-refractivity contribution in [3.63, 3.8) is 0 Å². The van der Waals surface area contributed by atoms with Gasteiger partial charge >= 0.3 is 11.9 Å². The van der Waals surface area contributed by atoms with Crippen LogP contribution in [0.1, 0.15) is 28.0 Å². The average Bonchev–Trinajstić information content (AvgIpc) is 2.65. The Bertz CT molecular complexity index is 317. The molecular formula is C11H19BO6. The van der Waals surface area contributed by atoms with Crippen LogP contribution < -0.4 is 0 Å². The van der Waals surface area contributed by atoms with Gasteiger partial charge in [-0.25, -0.2) is 0 Å². The number of hydrogen-bond donors (Lipinski definition) is 2. The normalized spacial score (nSPS) is 31.7. The molecule has 0 saturated carbocycles. The molecule has 1 heterocycles. The highest BCUT2D eigenvalue weighted by molar-refractivity contribution is 6.11. The summed E-state index contributed by atoms with van der Waals surface area (Å²) in [7, 11) is 6.93. The second-order valence-electron chi connectivity index (χ2n) is 3.85. The Balaban J connectivity index is 0.00000110. The molecule has 1 unspecified atom stereocenters. The van der Waals surface area contributed by atoms with Crippen LogP contribution in [0.5, 0.6) is 0 Å². The van der Waals surface area contributed by atoms with E-state index in [1.807, 2.05) is 0 Å². The van der Waals surface area contributed by atoms with Crippen LogP contribution in [-0.4, -0.2) is 56.8 Å². The first-order chi connectivity index (χ1) is 9.37. The van der Waals surface area contributed by atoms with Crippen molar-refractivity contribution < 1.29 is 30.6 Å². The molecule has 4 atom stereocenters. The number of carboxylic acid groups (broad SMARTS) is 1. The molecular weight excluding hydrogens is 239 g/mol. The lowest BCUT2D eigenvalue weighted by molar-refractivity contribution is -0.155. The first kappa shape index (κ1) is 13.4. The van der Waals surface area contributed by atoms with Gasteiger partial charge in [0.15, 0.2) is 0 Å². The summed E-state index contributed by atoms with van der Waals surface area (Å²) in [5.41, 5.74) is 0. The van der Waals surface area contributed by atoms with Gasteiger partial charge in [0.05, 0.1) is 18.9 Å². The van der Waals surface area contributed by atoms with Gasteiger partial charge in [-0.05, 0) is 6.90 Å². The van der Waals surface area contributed by atoms with Crippen LogP contribution in [-0.2, 0) is 19.1 Å². The van der Waals surface area contributed by atoms with Crippen molar-refractivity contribution in [3.05, 3.63) is 0 Å². The van der Waals surface area contributed by atoms with E-state index in [0.717, 1.165) is 0 Å². The lowest BCUT2D eigenvalue weighted by atomic mass is 9.86. The third-order valence-corrected chi connectivity index (χ3v) is 2.55. The molecule has 0 amide bonds. The van der Waals surface area contributed by atoms with Crippen molar-refractivity contribution in [3.8, 4) is 0 Å². The number of carbonyl (C=O) groups excluding carboxylic acids is 1. The van der Waals surface area contributed by atoms with Gasteiger partial charge in [0.1, 0.15) is 14.0 Å². The number of esters is 1. The predicted molar refractivity (Wildman–Crippen MR) is 64.1 cm³/mol. The zero-order valence-corrected chi connectivity index (χ0v) is 10.5. The summed E-state index contributed by atoms with van der Waals surface area (Å²) in [5, 5.41) is 11.9. The van der Waals surface area contributed by atoms with Crippen LogP contribution in [0.25, 0.3) is 0 Å². The Morgan fingerprint density at radius 1 is 1.61 bits per heavy atom. The second kappa shape index (κ2) is 8.10. The maximum absolute atomic E-state index is 11.4. The SMILES string of the molecule is [2H]C[C@H]1O[C@@H]([B])C(C)[C@H]1OC(=O)CCC(=O)O.[3H]OC. The van der Waals surface area contributed by atoms with Crippen molar-refractivity contribution >= 4 is 19.8 Å². The Labute approximate surface area is 111 Å². The van der Waals surface area contributed by atoms with Gasteiger partial charge in [-0.1, -0.05) is 6.92 Å². The highest BCUT2D eigenvalue weighted by Crippen LogP contribution is 2.27. The smallest absolute Gasteiger partial charge is 0.306 e. The third-order valence-electron chi connectivity index (χ3n) is 2.55. The molecule has 18 heavy (non-hydrogen) atoms. The van der Waals surface area contributed by atoms with Crippen molar-refractivity contribution in [1.29, 1.82) is 1.43 Å². The molecule has 0 aromatic rings. The number of hydrogen-bond acceptors (Lipinski definition) is 5. The fraction of sp³-hybridized carbons (Fsp3) is 0.818. The van der Waals surface area contributed by atoms with Crippen LogP contribution in [0.15, 0.2) is 0 Å². The molecule has 1 aliphatic rings. The quantitative estimate of drug-likeness (QED) is 0.543. The summed E-state index contributed by atoms with van der Waals surface area (Å²) in [5.74, 6) is -1.84. The van der Waals surface area contributed by atoms with Crippen LogP contribution in [0.4, 0.5) is 0 Å². The number of carbonyl (C=O) groups is 2. The maximum atomic E-state index is 11.4. The van der Waals surface area contributed by atoms with E-state index in [9.17, 15) is 9.59 Å². The standard InChI is InChI=1S/C10H15BO5.CH4O/c1-5-9(6(2)15-10(5)11)16-8(14)4-3-7(12)13;1-2/h5-6,9-10H,3-4H2,1-2H3,(H,12,13);2H,1H3/t5?,6-,9-,10-;/m1./s1/i2D;2T. The van der Waals surface area contributed by atoms with E-state index in [4.69, 9.17) is 25.2 Å². The van der Waals surface area contributed by atoms with Crippen LogP contribution in [0.3, 0.4) is 0 Å². The van der Waals surface area contributed by atoms with E-state index in [0.29, 0.717) is 0 Å². The summed E-state index contributed by atoms with van der Waals surface area (Å²) >= 11 is 0. The van der Waals surface area contributed by atoms with Crippen LogP contribution in [0, 0.1) is 5.92 Å². The summed E-state index contributed by atoms with van der Waals surface area (Å²) in [4.78, 5) is 21.7. The number of ether oxygens (including phenoxy) is 2. The maximum Gasteiger partial charge on any atom is 0.306 e. The van der Waals surface area contributed by atoms with Gasteiger partial charge in [0.25, 0.3) is 0 Å². The molecule has 1 aliphatic heterocycles. The Morgan fingerprint density at radius 2 is 2.22 bits per heavy atom. The second-order valence-corrected chi connectivity index (χ2v) is 3.85.